The Balaban J connectivity index is 2.01. The van der Waals surface area contributed by atoms with Gasteiger partial charge in [0.1, 0.15) is 6.04 Å². The molecule has 2 atom stereocenters. The predicted octanol–water partition coefficient (Wildman–Crippen LogP) is 1.70. The maximum atomic E-state index is 14.0. The van der Waals surface area contributed by atoms with Gasteiger partial charge in [-0.25, -0.2) is 18.4 Å². The third-order valence-electron chi connectivity index (χ3n) is 5.04. The molecule has 1 aliphatic heterocycles. The van der Waals surface area contributed by atoms with Gasteiger partial charge in [0, 0.05) is 31.0 Å². The van der Waals surface area contributed by atoms with E-state index in [2.05, 4.69) is 10.1 Å². The number of likely N-dealkylation sites (tertiary alicyclic amines) is 1. The molecule has 1 aromatic carbocycles. The summed E-state index contributed by atoms with van der Waals surface area (Å²) in [5, 5.41) is 2.57. The van der Waals surface area contributed by atoms with Gasteiger partial charge in [-0.2, -0.15) is 0 Å². The van der Waals surface area contributed by atoms with Crippen LogP contribution in [0.4, 0.5) is 8.78 Å². The van der Waals surface area contributed by atoms with Crippen LogP contribution in [0.2, 0.25) is 0 Å². The van der Waals surface area contributed by atoms with E-state index in [4.69, 9.17) is 4.74 Å². The van der Waals surface area contributed by atoms with Crippen LogP contribution in [-0.2, 0) is 35.2 Å². The van der Waals surface area contributed by atoms with Crippen LogP contribution in [0.15, 0.2) is 18.2 Å². The number of nitrogens with zero attached hydrogens (tertiary/aromatic N) is 1. The molecule has 0 aliphatic carbocycles. The Hall–Kier alpha value is -3.04. The molecule has 0 spiro atoms. The lowest BCUT2D eigenvalue weighted by Crippen LogP contribution is -2.47. The summed E-state index contributed by atoms with van der Waals surface area (Å²) in [7, 11) is 1.15. The van der Waals surface area contributed by atoms with Crippen molar-refractivity contribution in [3.05, 3.63) is 35.4 Å². The standard InChI is InChI=1S/C21H26F2N2O6/c1-12(2)20(21(29)31-11-18(28)30-3)24-16(26)9-14-7-8-17(27)25(14)10-13-5-4-6-15(22)19(13)23/h4-6,12,14,20H,7-11H2,1-3H3,(H,24,26)/t14-,20-/m0/s1. The van der Waals surface area contributed by atoms with Crippen LogP contribution in [0.5, 0.6) is 0 Å². The third-order valence-corrected chi connectivity index (χ3v) is 5.04. The smallest absolute Gasteiger partial charge is 0.344 e. The van der Waals surface area contributed by atoms with E-state index in [-0.39, 0.29) is 36.8 Å². The van der Waals surface area contributed by atoms with Gasteiger partial charge in [-0.3, -0.25) is 9.59 Å². The minimum Gasteiger partial charge on any atom is -0.466 e. The Morgan fingerprint density at radius 1 is 1.26 bits per heavy atom. The van der Waals surface area contributed by atoms with Gasteiger partial charge < -0.3 is 19.7 Å². The lowest BCUT2D eigenvalue weighted by Gasteiger charge is -2.26. The van der Waals surface area contributed by atoms with Gasteiger partial charge in [0.2, 0.25) is 11.8 Å². The zero-order chi connectivity index (χ0) is 23.1. The van der Waals surface area contributed by atoms with Crippen LogP contribution < -0.4 is 5.32 Å². The number of nitrogens with one attached hydrogen (secondary N) is 1. The predicted molar refractivity (Wildman–Crippen MR) is 104 cm³/mol. The van der Waals surface area contributed by atoms with Crippen LogP contribution in [-0.4, -0.2) is 54.5 Å². The fraction of sp³-hybridized carbons (Fsp3) is 0.524. The molecule has 0 saturated carbocycles. The molecule has 0 radical (unpaired) electrons. The van der Waals surface area contributed by atoms with Gasteiger partial charge in [0.05, 0.1) is 7.11 Å². The Labute approximate surface area is 178 Å². The molecule has 1 N–H and O–H groups in total. The Morgan fingerprint density at radius 2 is 1.97 bits per heavy atom. The molecule has 0 aromatic heterocycles. The summed E-state index contributed by atoms with van der Waals surface area (Å²) >= 11 is 0. The molecule has 8 nitrogen and oxygen atoms in total. The second kappa shape index (κ2) is 10.8. The highest BCUT2D eigenvalue weighted by Gasteiger charge is 2.34. The van der Waals surface area contributed by atoms with E-state index < -0.39 is 48.2 Å². The van der Waals surface area contributed by atoms with Gasteiger partial charge in [-0.05, 0) is 18.4 Å². The summed E-state index contributed by atoms with van der Waals surface area (Å²) in [6, 6.07) is 2.20. The molecule has 31 heavy (non-hydrogen) atoms. The molecule has 10 heteroatoms. The molecule has 170 valence electrons. The Morgan fingerprint density at radius 3 is 2.61 bits per heavy atom. The number of hydrogen-bond acceptors (Lipinski definition) is 6. The SMILES string of the molecule is COC(=O)COC(=O)[C@@H](NC(=O)C[C@@H]1CCC(=O)N1Cc1cccc(F)c1F)C(C)C. The van der Waals surface area contributed by atoms with E-state index in [9.17, 15) is 28.0 Å². The van der Waals surface area contributed by atoms with E-state index >= 15 is 0 Å². The van der Waals surface area contributed by atoms with Crippen LogP contribution in [0.3, 0.4) is 0 Å². The Kier molecular flexibility index (Phi) is 8.47. The Bertz CT molecular complexity index is 845. The van der Waals surface area contributed by atoms with Crippen molar-refractivity contribution in [1.29, 1.82) is 0 Å². The van der Waals surface area contributed by atoms with Crippen molar-refractivity contribution >= 4 is 23.8 Å². The average Bonchev–Trinajstić information content (AvgIpc) is 3.06. The zero-order valence-electron chi connectivity index (χ0n) is 17.7. The summed E-state index contributed by atoms with van der Waals surface area (Å²) in [6.45, 7) is 2.67. The van der Waals surface area contributed by atoms with Crippen LogP contribution in [0, 0.1) is 17.6 Å². The highest BCUT2D eigenvalue weighted by molar-refractivity contribution is 5.87. The van der Waals surface area contributed by atoms with Crippen molar-refractivity contribution < 1.29 is 37.4 Å². The first-order valence-electron chi connectivity index (χ1n) is 9.89. The monoisotopic (exact) mass is 440 g/mol. The van der Waals surface area contributed by atoms with E-state index in [1.807, 2.05) is 0 Å². The molecule has 1 aromatic rings. The molecule has 0 bridgehead atoms. The topological polar surface area (TPSA) is 102 Å². The quantitative estimate of drug-likeness (QED) is 0.587. The summed E-state index contributed by atoms with van der Waals surface area (Å²) < 4.78 is 36.7. The van der Waals surface area contributed by atoms with Gasteiger partial charge in [-0.1, -0.05) is 26.0 Å². The van der Waals surface area contributed by atoms with Gasteiger partial charge >= 0.3 is 11.9 Å². The van der Waals surface area contributed by atoms with Gasteiger partial charge in [0.25, 0.3) is 0 Å². The normalized spacial score (nSPS) is 16.9. The van der Waals surface area contributed by atoms with Crippen molar-refractivity contribution in [2.45, 2.75) is 51.7 Å². The summed E-state index contributed by atoms with van der Waals surface area (Å²) in [6.07, 6.45) is 0.447. The second-order valence-corrected chi connectivity index (χ2v) is 7.60. The summed E-state index contributed by atoms with van der Waals surface area (Å²) in [5.41, 5.74) is 0.0205. The van der Waals surface area contributed by atoms with Crippen molar-refractivity contribution in [2.24, 2.45) is 5.92 Å². The van der Waals surface area contributed by atoms with Crippen molar-refractivity contribution in [3.8, 4) is 0 Å². The van der Waals surface area contributed by atoms with Crippen LogP contribution in [0.25, 0.3) is 0 Å². The number of halogens is 2. The first kappa shape index (κ1) is 24.2. The third kappa shape index (κ3) is 6.47. The molecule has 1 saturated heterocycles. The maximum absolute atomic E-state index is 14.0. The largest absolute Gasteiger partial charge is 0.466 e. The highest BCUT2D eigenvalue weighted by Crippen LogP contribution is 2.25. The minimum absolute atomic E-state index is 0.0205. The maximum Gasteiger partial charge on any atom is 0.344 e. The van der Waals surface area contributed by atoms with Crippen molar-refractivity contribution in [2.75, 3.05) is 13.7 Å². The van der Waals surface area contributed by atoms with Crippen molar-refractivity contribution in [3.63, 3.8) is 0 Å². The zero-order valence-corrected chi connectivity index (χ0v) is 17.7. The number of amides is 2. The number of hydrogen-bond donors (Lipinski definition) is 1. The summed E-state index contributed by atoms with van der Waals surface area (Å²) in [4.78, 5) is 49.5. The number of methoxy groups -OCH3 is 1. The fourth-order valence-electron chi connectivity index (χ4n) is 3.30. The van der Waals surface area contributed by atoms with Gasteiger partial charge in [-0.15, -0.1) is 0 Å². The van der Waals surface area contributed by atoms with E-state index in [0.717, 1.165) is 13.2 Å². The lowest BCUT2D eigenvalue weighted by atomic mass is 10.0. The number of ether oxygens (including phenoxy) is 2. The fourth-order valence-corrected chi connectivity index (χ4v) is 3.30. The van der Waals surface area contributed by atoms with Crippen LogP contribution in [0.1, 0.15) is 38.7 Å². The molecule has 1 heterocycles. The molecule has 2 rings (SSSR count). The van der Waals surface area contributed by atoms with Crippen LogP contribution >= 0.6 is 0 Å². The molecule has 1 fully saturated rings. The minimum atomic E-state index is -1.03. The molecule has 1 aliphatic rings. The highest BCUT2D eigenvalue weighted by atomic mass is 19.2. The van der Waals surface area contributed by atoms with E-state index in [0.29, 0.717) is 6.42 Å². The second-order valence-electron chi connectivity index (χ2n) is 7.60. The molecular formula is C21H26F2N2O6. The number of rotatable bonds is 9. The van der Waals surface area contributed by atoms with E-state index in [1.54, 1.807) is 13.8 Å². The number of benzene rings is 1. The van der Waals surface area contributed by atoms with Gasteiger partial charge in [0.15, 0.2) is 18.2 Å². The summed E-state index contributed by atoms with van der Waals surface area (Å²) in [5.74, 6) is -4.64. The average molecular weight is 440 g/mol. The number of carbonyl (C=O) groups excluding carboxylic acids is 4. The molecule has 0 unspecified atom stereocenters. The van der Waals surface area contributed by atoms with E-state index in [1.165, 1.54) is 17.0 Å². The number of carbonyl (C=O) groups is 4. The lowest BCUT2D eigenvalue weighted by molar-refractivity contribution is -0.159. The molecular weight excluding hydrogens is 414 g/mol. The number of esters is 2. The first-order valence-corrected chi connectivity index (χ1v) is 9.89. The molecule has 2 amide bonds. The van der Waals surface area contributed by atoms with Crippen molar-refractivity contribution in [1.82, 2.24) is 10.2 Å². The first-order chi connectivity index (χ1) is 14.6.